The minimum atomic E-state index is -3.63. The third kappa shape index (κ3) is 1.57. The van der Waals surface area contributed by atoms with Crippen molar-refractivity contribution in [3.63, 3.8) is 0 Å². The van der Waals surface area contributed by atoms with E-state index in [0.29, 0.717) is 5.69 Å². The van der Waals surface area contributed by atoms with E-state index in [1.54, 1.807) is 6.07 Å². The SMILES string of the molecule is NS(=O)(=O)c1c[nH]c(-c2ccoc2)c1. The zero-order chi connectivity index (χ0) is 10.2. The number of aromatic nitrogens is 1. The Morgan fingerprint density at radius 1 is 1.43 bits per heavy atom. The van der Waals surface area contributed by atoms with Crippen molar-refractivity contribution in [1.82, 2.24) is 4.98 Å². The Hall–Kier alpha value is -1.53. The average molecular weight is 212 g/mol. The van der Waals surface area contributed by atoms with Gasteiger partial charge >= 0.3 is 0 Å². The Morgan fingerprint density at radius 2 is 2.21 bits per heavy atom. The first-order valence-electron chi connectivity index (χ1n) is 3.81. The summed E-state index contributed by atoms with van der Waals surface area (Å²) in [5, 5.41) is 4.95. The van der Waals surface area contributed by atoms with Gasteiger partial charge in [0.15, 0.2) is 0 Å². The van der Waals surface area contributed by atoms with Crippen molar-refractivity contribution in [2.75, 3.05) is 0 Å². The topological polar surface area (TPSA) is 89.1 Å². The number of rotatable bonds is 2. The highest BCUT2D eigenvalue weighted by molar-refractivity contribution is 7.89. The molecule has 5 nitrogen and oxygen atoms in total. The van der Waals surface area contributed by atoms with Crippen LogP contribution in [-0.4, -0.2) is 13.4 Å². The lowest BCUT2D eigenvalue weighted by molar-refractivity contribution is 0.568. The summed E-state index contributed by atoms with van der Waals surface area (Å²) in [5.74, 6) is 0. The highest BCUT2D eigenvalue weighted by Gasteiger charge is 2.11. The molecule has 74 valence electrons. The largest absolute Gasteiger partial charge is 0.472 e. The molecular weight excluding hydrogens is 204 g/mol. The summed E-state index contributed by atoms with van der Waals surface area (Å²) >= 11 is 0. The number of hydrogen-bond donors (Lipinski definition) is 2. The van der Waals surface area contributed by atoms with Crippen LogP contribution in [0.25, 0.3) is 11.3 Å². The van der Waals surface area contributed by atoms with Crippen LogP contribution in [0.2, 0.25) is 0 Å². The zero-order valence-corrected chi connectivity index (χ0v) is 7.91. The van der Waals surface area contributed by atoms with Gasteiger partial charge in [0.2, 0.25) is 10.0 Å². The molecule has 2 rings (SSSR count). The quantitative estimate of drug-likeness (QED) is 0.775. The van der Waals surface area contributed by atoms with E-state index in [2.05, 4.69) is 4.98 Å². The summed E-state index contributed by atoms with van der Waals surface area (Å²) in [7, 11) is -3.63. The number of nitrogens with one attached hydrogen (secondary N) is 1. The normalized spacial score (nSPS) is 11.8. The minimum absolute atomic E-state index is 0.0636. The Bertz CT molecular complexity index is 525. The van der Waals surface area contributed by atoms with E-state index in [1.807, 2.05) is 0 Å². The van der Waals surface area contributed by atoms with E-state index in [4.69, 9.17) is 9.56 Å². The Labute approximate surface area is 80.6 Å². The summed E-state index contributed by atoms with van der Waals surface area (Å²) in [6.07, 6.45) is 4.36. The number of nitrogens with two attached hydrogens (primary N) is 1. The Morgan fingerprint density at radius 3 is 2.71 bits per heavy atom. The fourth-order valence-corrected chi connectivity index (χ4v) is 1.63. The van der Waals surface area contributed by atoms with E-state index >= 15 is 0 Å². The molecule has 0 spiro atoms. The monoisotopic (exact) mass is 212 g/mol. The molecule has 2 aromatic rings. The second kappa shape index (κ2) is 3.00. The molecule has 0 radical (unpaired) electrons. The van der Waals surface area contributed by atoms with Gasteiger partial charge in [0, 0.05) is 17.5 Å². The van der Waals surface area contributed by atoms with Crippen LogP contribution in [-0.2, 0) is 10.0 Å². The molecule has 0 amide bonds. The first-order chi connectivity index (χ1) is 6.57. The van der Waals surface area contributed by atoms with Crippen LogP contribution in [0.15, 0.2) is 40.2 Å². The van der Waals surface area contributed by atoms with Crippen molar-refractivity contribution in [2.24, 2.45) is 5.14 Å². The summed E-state index contributed by atoms with van der Waals surface area (Å²) < 4.78 is 26.8. The summed E-state index contributed by atoms with van der Waals surface area (Å²) in [4.78, 5) is 2.86. The summed E-state index contributed by atoms with van der Waals surface area (Å²) in [6, 6.07) is 3.18. The van der Waals surface area contributed by atoms with Gasteiger partial charge in [0.25, 0.3) is 0 Å². The van der Waals surface area contributed by atoms with Gasteiger partial charge in [-0.05, 0) is 12.1 Å². The molecule has 0 fully saturated rings. The van der Waals surface area contributed by atoms with Gasteiger partial charge in [0.1, 0.15) is 0 Å². The first kappa shape index (κ1) is 9.04. The molecule has 6 heteroatoms. The van der Waals surface area contributed by atoms with Gasteiger partial charge in [-0.15, -0.1) is 0 Å². The lowest BCUT2D eigenvalue weighted by Crippen LogP contribution is -2.10. The maximum atomic E-state index is 11.0. The molecule has 0 saturated heterocycles. The Kier molecular flexibility index (Phi) is 1.94. The molecule has 0 unspecified atom stereocenters. The van der Waals surface area contributed by atoms with Crippen molar-refractivity contribution < 1.29 is 12.8 Å². The van der Waals surface area contributed by atoms with E-state index in [9.17, 15) is 8.42 Å². The highest BCUT2D eigenvalue weighted by atomic mass is 32.2. The fraction of sp³-hybridized carbons (Fsp3) is 0. The van der Waals surface area contributed by atoms with E-state index in [1.165, 1.54) is 24.8 Å². The third-order valence-corrected chi connectivity index (χ3v) is 2.71. The Balaban J connectivity index is 2.46. The number of aromatic amines is 1. The molecule has 3 N–H and O–H groups in total. The van der Waals surface area contributed by atoms with Crippen molar-refractivity contribution in [1.29, 1.82) is 0 Å². The number of furan rings is 1. The molecule has 0 atom stereocenters. The second-order valence-corrected chi connectivity index (χ2v) is 4.37. The number of hydrogen-bond acceptors (Lipinski definition) is 3. The van der Waals surface area contributed by atoms with Crippen LogP contribution >= 0.6 is 0 Å². The lowest BCUT2D eigenvalue weighted by Gasteiger charge is -1.89. The van der Waals surface area contributed by atoms with Crippen LogP contribution < -0.4 is 5.14 Å². The summed E-state index contributed by atoms with van der Waals surface area (Å²) in [6.45, 7) is 0. The zero-order valence-electron chi connectivity index (χ0n) is 7.10. The molecule has 0 aromatic carbocycles. The van der Waals surface area contributed by atoms with Crippen LogP contribution in [0.1, 0.15) is 0 Å². The molecule has 0 bridgehead atoms. The lowest BCUT2D eigenvalue weighted by atomic mass is 10.2. The van der Waals surface area contributed by atoms with Crippen molar-refractivity contribution in [3.05, 3.63) is 30.9 Å². The smallest absolute Gasteiger partial charge is 0.239 e. The van der Waals surface area contributed by atoms with Crippen LogP contribution in [0.5, 0.6) is 0 Å². The van der Waals surface area contributed by atoms with Gasteiger partial charge in [-0.3, -0.25) is 0 Å². The standard InChI is InChI=1S/C8H8N2O3S/c9-14(11,12)7-3-8(10-4-7)6-1-2-13-5-6/h1-5,10H,(H2,9,11,12). The van der Waals surface area contributed by atoms with E-state index in [-0.39, 0.29) is 4.90 Å². The molecule has 0 saturated carbocycles. The predicted molar refractivity (Wildman–Crippen MR) is 49.9 cm³/mol. The molecule has 0 aliphatic rings. The fourth-order valence-electron chi connectivity index (χ4n) is 1.12. The average Bonchev–Trinajstić information content (AvgIpc) is 2.73. The van der Waals surface area contributed by atoms with Crippen LogP contribution in [0.3, 0.4) is 0 Å². The van der Waals surface area contributed by atoms with Gasteiger partial charge in [-0.2, -0.15) is 0 Å². The van der Waals surface area contributed by atoms with Crippen molar-refractivity contribution in [3.8, 4) is 11.3 Å². The highest BCUT2D eigenvalue weighted by Crippen LogP contribution is 2.20. The third-order valence-electron chi connectivity index (χ3n) is 1.82. The van der Waals surface area contributed by atoms with E-state index in [0.717, 1.165) is 5.56 Å². The molecule has 0 aliphatic carbocycles. The van der Waals surface area contributed by atoms with Crippen LogP contribution in [0.4, 0.5) is 0 Å². The van der Waals surface area contributed by atoms with Gasteiger partial charge in [0.05, 0.1) is 17.4 Å². The first-order valence-corrected chi connectivity index (χ1v) is 5.36. The number of primary sulfonamides is 1. The summed E-state index contributed by atoms with van der Waals surface area (Å²) in [5.41, 5.74) is 1.43. The predicted octanol–water partition coefficient (Wildman–Crippen LogP) is 0.922. The minimum Gasteiger partial charge on any atom is -0.472 e. The van der Waals surface area contributed by atoms with E-state index < -0.39 is 10.0 Å². The molecule has 2 aromatic heterocycles. The second-order valence-electron chi connectivity index (χ2n) is 2.81. The van der Waals surface area contributed by atoms with Gasteiger partial charge in [-0.1, -0.05) is 0 Å². The number of H-pyrrole nitrogens is 1. The van der Waals surface area contributed by atoms with Crippen molar-refractivity contribution in [2.45, 2.75) is 4.90 Å². The number of sulfonamides is 1. The molecule has 2 heterocycles. The molecule has 0 aliphatic heterocycles. The maximum absolute atomic E-state index is 11.0. The van der Waals surface area contributed by atoms with Crippen LogP contribution in [0, 0.1) is 0 Å². The molecular formula is C8H8N2O3S. The van der Waals surface area contributed by atoms with Gasteiger partial charge < -0.3 is 9.40 Å². The van der Waals surface area contributed by atoms with Crippen molar-refractivity contribution >= 4 is 10.0 Å². The van der Waals surface area contributed by atoms with Gasteiger partial charge in [-0.25, -0.2) is 13.6 Å². The molecule has 14 heavy (non-hydrogen) atoms. The maximum Gasteiger partial charge on any atom is 0.239 e.